The minimum absolute atomic E-state index is 0.200. The predicted molar refractivity (Wildman–Crippen MR) is 143 cm³/mol. The number of rotatable bonds is 16. The van der Waals surface area contributed by atoms with Crippen LogP contribution in [0.5, 0.6) is 5.75 Å². The Morgan fingerprint density at radius 2 is 1.40 bits per heavy atom. The molecule has 2 aromatic carbocycles. The highest BCUT2D eigenvalue weighted by molar-refractivity contribution is 7.00. The number of carbonyl (C=O) groups is 2. The Morgan fingerprint density at radius 3 is 1.97 bits per heavy atom. The highest BCUT2D eigenvalue weighted by Crippen LogP contribution is 2.32. The molecule has 7 heteroatoms. The van der Waals surface area contributed by atoms with Gasteiger partial charge in [-0.05, 0) is 24.1 Å². The molecule has 0 fully saturated rings. The van der Waals surface area contributed by atoms with E-state index in [1.807, 2.05) is 6.07 Å². The number of carbonyl (C=O) groups excluding carboxylic acids is 2. The van der Waals surface area contributed by atoms with Crippen molar-refractivity contribution in [2.45, 2.75) is 77.0 Å². The largest absolute Gasteiger partial charge is 0.496 e. The van der Waals surface area contributed by atoms with Gasteiger partial charge in [0.25, 0.3) is 0 Å². The van der Waals surface area contributed by atoms with E-state index < -0.39 is 17.7 Å². The summed E-state index contributed by atoms with van der Waals surface area (Å²) in [6.45, 7) is 2.55. The smallest absolute Gasteiger partial charge is 0.321 e. The van der Waals surface area contributed by atoms with Gasteiger partial charge < -0.3 is 9.47 Å². The quantitative estimate of drug-likeness (QED) is 0.0732. The van der Waals surface area contributed by atoms with Crippen molar-refractivity contribution in [1.29, 1.82) is 0 Å². The molecule has 1 atom stereocenters. The van der Waals surface area contributed by atoms with Crippen LogP contribution in [0.3, 0.4) is 0 Å². The third-order valence-electron chi connectivity index (χ3n) is 5.81. The molecule has 0 saturated heterocycles. The molecular formula is C28H38ClO5P. The van der Waals surface area contributed by atoms with Crippen LogP contribution in [-0.4, -0.2) is 25.5 Å². The second kappa shape index (κ2) is 19.0. The third-order valence-corrected chi connectivity index (χ3v) is 6.13. The normalized spacial score (nSPS) is 11.2. The van der Waals surface area contributed by atoms with Crippen molar-refractivity contribution in [3.63, 3.8) is 0 Å². The van der Waals surface area contributed by atoms with Crippen molar-refractivity contribution in [3.8, 4) is 5.75 Å². The fourth-order valence-electron chi connectivity index (χ4n) is 3.94. The summed E-state index contributed by atoms with van der Waals surface area (Å²) in [6.07, 6.45) is 12.0. The first-order valence-electron chi connectivity index (χ1n) is 12.4. The fourth-order valence-corrected chi connectivity index (χ4v) is 4.20. The van der Waals surface area contributed by atoms with Gasteiger partial charge in [0, 0.05) is 0 Å². The van der Waals surface area contributed by atoms with Crippen molar-refractivity contribution < 1.29 is 23.6 Å². The maximum absolute atomic E-state index is 13.4. The lowest BCUT2D eigenvalue weighted by Gasteiger charge is -2.18. The Labute approximate surface area is 217 Å². The summed E-state index contributed by atoms with van der Waals surface area (Å²) in [7, 11) is 3.20. The maximum Gasteiger partial charge on any atom is 0.321 e. The number of ether oxygens (including phenoxy) is 2. The van der Waals surface area contributed by atoms with Crippen LogP contribution in [0.15, 0.2) is 48.5 Å². The molecule has 0 aliphatic heterocycles. The Kier molecular flexibility index (Phi) is 16.7. The van der Waals surface area contributed by atoms with Gasteiger partial charge in [0.1, 0.15) is 20.8 Å². The van der Waals surface area contributed by atoms with Crippen LogP contribution in [0.4, 0.5) is 0 Å². The highest BCUT2D eigenvalue weighted by Gasteiger charge is 2.33. The van der Waals surface area contributed by atoms with E-state index in [1.165, 1.54) is 52.1 Å². The lowest BCUT2D eigenvalue weighted by Crippen LogP contribution is -2.25. The van der Waals surface area contributed by atoms with Gasteiger partial charge in [-0.1, -0.05) is 113 Å². The predicted octanol–water partition coefficient (Wildman–Crippen LogP) is 8.25. The second-order valence-electron chi connectivity index (χ2n) is 8.37. The van der Waals surface area contributed by atoms with Gasteiger partial charge in [0.15, 0.2) is 5.78 Å². The molecule has 0 amide bonds. The number of methoxy groups -OCH3 is 1. The van der Waals surface area contributed by atoms with Gasteiger partial charge in [0.05, 0.1) is 24.3 Å². The van der Waals surface area contributed by atoms with E-state index >= 15 is 0 Å². The van der Waals surface area contributed by atoms with Crippen LogP contribution < -0.4 is 4.74 Å². The van der Waals surface area contributed by atoms with Crippen molar-refractivity contribution in [2.24, 2.45) is 0 Å². The minimum Gasteiger partial charge on any atom is -0.496 e. The van der Waals surface area contributed by atoms with E-state index in [2.05, 4.69) is 6.92 Å². The summed E-state index contributed by atoms with van der Waals surface area (Å²) in [5, 5.41) is 0.253. The lowest BCUT2D eigenvalue weighted by molar-refractivity contribution is -0.144. The van der Waals surface area contributed by atoms with E-state index in [0.717, 1.165) is 19.3 Å². The maximum atomic E-state index is 13.4. The molecule has 0 N–H and O–H groups in total. The Morgan fingerprint density at radius 1 is 0.829 bits per heavy atom. The number of hydrogen-bond acceptors (Lipinski definition) is 5. The average molecular weight is 521 g/mol. The number of esters is 1. The molecule has 0 heterocycles. The monoisotopic (exact) mass is 520 g/mol. The number of ketones is 1. The van der Waals surface area contributed by atoms with E-state index in [4.69, 9.17) is 25.6 Å². The van der Waals surface area contributed by atoms with Crippen LogP contribution in [-0.2, 0) is 14.1 Å². The molecule has 2 rings (SSSR count). The standard InChI is InChI=1S/C28H37ClO4.HOP/c1-3-4-5-6-7-8-9-10-11-15-21-33-28(31)25(22-17-13-12-14-18-22)27(30)26-23(29)19-16-20-24(26)32-2;1-2/h12-14,16-20,25H,3-11,15,21H2,1-2H3;2H. The Bertz CT molecular complexity index is 875. The molecule has 0 radical (unpaired) electrons. The van der Waals surface area contributed by atoms with Crippen LogP contribution in [0.1, 0.15) is 93.0 Å². The lowest BCUT2D eigenvalue weighted by atomic mass is 9.90. The molecule has 2 aromatic rings. The molecular weight excluding hydrogens is 483 g/mol. The summed E-state index contributed by atoms with van der Waals surface area (Å²) in [5.41, 5.74) is 0.781. The van der Waals surface area contributed by atoms with E-state index in [0.29, 0.717) is 17.9 Å². The number of halogens is 1. The Hall–Kier alpha value is -2.23. The molecule has 0 bridgehead atoms. The number of hydrogen-bond donors (Lipinski definition) is 0. The Balaban J connectivity index is 0.00000298. The van der Waals surface area contributed by atoms with E-state index in [9.17, 15) is 9.59 Å². The van der Waals surface area contributed by atoms with Crippen molar-refractivity contribution in [1.82, 2.24) is 0 Å². The fraction of sp³-hybridized carbons (Fsp3) is 0.500. The molecule has 192 valence electrons. The molecule has 0 aliphatic carbocycles. The minimum atomic E-state index is -1.08. The summed E-state index contributed by atoms with van der Waals surface area (Å²) in [4.78, 5) is 26.4. The highest BCUT2D eigenvalue weighted by atomic mass is 35.5. The average Bonchev–Trinajstić information content (AvgIpc) is 2.89. The van der Waals surface area contributed by atoms with Crippen LogP contribution in [0.2, 0.25) is 5.02 Å². The topological polar surface area (TPSA) is 69.7 Å². The van der Waals surface area contributed by atoms with Gasteiger partial charge in [-0.3, -0.25) is 14.2 Å². The van der Waals surface area contributed by atoms with E-state index in [-0.39, 0.29) is 10.6 Å². The summed E-state index contributed by atoms with van der Waals surface area (Å²) in [6, 6.07) is 13.9. The van der Waals surface area contributed by atoms with Crippen LogP contribution in [0, 0.1) is 0 Å². The SMILES string of the molecule is CCCCCCCCCCCCOC(=O)C(C(=O)c1c(Cl)cccc1OC)c1ccccc1.O=P. The van der Waals surface area contributed by atoms with Crippen LogP contribution >= 0.6 is 20.7 Å². The van der Waals surface area contributed by atoms with Gasteiger partial charge in [-0.15, -0.1) is 0 Å². The van der Waals surface area contributed by atoms with E-state index in [1.54, 1.807) is 51.6 Å². The van der Waals surface area contributed by atoms with Crippen molar-refractivity contribution in [2.75, 3.05) is 13.7 Å². The van der Waals surface area contributed by atoms with Crippen molar-refractivity contribution >= 4 is 32.5 Å². The zero-order valence-electron chi connectivity index (χ0n) is 20.9. The molecule has 0 saturated carbocycles. The number of unbranched alkanes of at least 4 members (excludes halogenated alkanes) is 9. The second-order valence-corrected chi connectivity index (χ2v) is 8.78. The molecule has 35 heavy (non-hydrogen) atoms. The third kappa shape index (κ3) is 10.9. The number of benzene rings is 2. The first kappa shape index (κ1) is 30.8. The molecule has 0 spiro atoms. The van der Waals surface area contributed by atoms with Gasteiger partial charge >= 0.3 is 5.97 Å². The summed E-state index contributed by atoms with van der Waals surface area (Å²) >= 11 is 6.31. The molecule has 5 nitrogen and oxygen atoms in total. The molecule has 0 aromatic heterocycles. The molecule has 0 aliphatic rings. The number of Topliss-reactive ketones (excluding diaryl/α,β-unsaturated/α-hetero) is 1. The zero-order valence-corrected chi connectivity index (χ0v) is 22.6. The molecule has 1 unspecified atom stereocenters. The zero-order chi connectivity index (χ0) is 25.9. The first-order valence-corrected chi connectivity index (χ1v) is 13.2. The van der Waals surface area contributed by atoms with Gasteiger partial charge in [0.2, 0.25) is 0 Å². The summed E-state index contributed by atoms with van der Waals surface area (Å²) < 4.78 is 18.9. The van der Waals surface area contributed by atoms with Crippen LogP contribution in [0.25, 0.3) is 0 Å². The van der Waals surface area contributed by atoms with Gasteiger partial charge in [-0.25, -0.2) is 0 Å². The van der Waals surface area contributed by atoms with Gasteiger partial charge in [-0.2, -0.15) is 0 Å². The first-order chi connectivity index (χ1) is 17.1. The summed E-state index contributed by atoms with van der Waals surface area (Å²) in [5.74, 6) is -1.71. The van der Waals surface area contributed by atoms with Crippen molar-refractivity contribution in [3.05, 3.63) is 64.7 Å².